The number of unbranched alkanes of at least 4 members (excludes halogenated alkanes) is 2. The van der Waals surface area contributed by atoms with E-state index in [1.54, 1.807) is 0 Å². The molecule has 17 heavy (non-hydrogen) atoms. The zero-order valence-electron chi connectivity index (χ0n) is 11.2. The van der Waals surface area contributed by atoms with Gasteiger partial charge in [0.2, 0.25) is 0 Å². The van der Waals surface area contributed by atoms with Gasteiger partial charge in [-0.3, -0.25) is 0 Å². The highest BCUT2D eigenvalue weighted by molar-refractivity contribution is 5.33. The molecule has 0 unspecified atom stereocenters. The van der Waals surface area contributed by atoms with Crippen molar-refractivity contribution in [2.75, 3.05) is 13.2 Å². The summed E-state index contributed by atoms with van der Waals surface area (Å²) in [6.07, 6.45) is 4.89. The smallest absolute Gasteiger partial charge is 0.123 e. The summed E-state index contributed by atoms with van der Waals surface area (Å²) in [5.41, 5.74) is 1.26. The largest absolute Gasteiger partial charge is 0.493 e. The molecule has 1 aromatic rings. The van der Waals surface area contributed by atoms with E-state index in [2.05, 4.69) is 37.4 Å². The fourth-order valence-corrected chi connectivity index (χ4v) is 1.73. The lowest BCUT2D eigenvalue weighted by atomic mass is 10.2. The van der Waals surface area contributed by atoms with Crippen molar-refractivity contribution in [2.24, 2.45) is 0 Å². The number of rotatable bonds is 9. The first-order valence-corrected chi connectivity index (χ1v) is 6.80. The molecule has 2 nitrogen and oxygen atoms in total. The monoisotopic (exact) mass is 235 g/mol. The maximum Gasteiger partial charge on any atom is 0.123 e. The first kappa shape index (κ1) is 14.0. The topological polar surface area (TPSA) is 21.3 Å². The SMILES string of the molecule is CCCCCNCc1ccccc1OCCC. The third-order valence-electron chi connectivity index (χ3n) is 2.71. The van der Waals surface area contributed by atoms with Crippen LogP contribution in [0.4, 0.5) is 0 Å². The maximum atomic E-state index is 5.72. The molecular weight excluding hydrogens is 210 g/mol. The van der Waals surface area contributed by atoms with Gasteiger partial charge in [-0.25, -0.2) is 0 Å². The van der Waals surface area contributed by atoms with Crippen LogP contribution in [0.2, 0.25) is 0 Å². The second-order valence-corrected chi connectivity index (χ2v) is 4.34. The molecule has 0 fully saturated rings. The molecule has 0 bridgehead atoms. The van der Waals surface area contributed by atoms with Crippen molar-refractivity contribution in [1.82, 2.24) is 5.32 Å². The van der Waals surface area contributed by atoms with E-state index in [4.69, 9.17) is 4.74 Å². The molecule has 96 valence electrons. The van der Waals surface area contributed by atoms with Gasteiger partial charge in [0.15, 0.2) is 0 Å². The van der Waals surface area contributed by atoms with Gasteiger partial charge < -0.3 is 10.1 Å². The molecule has 0 radical (unpaired) electrons. The molecular formula is C15H25NO. The molecule has 0 heterocycles. The Labute approximate surface area is 105 Å². The van der Waals surface area contributed by atoms with Crippen LogP contribution < -0.4 is 10.1 Å². The second-order valence-electron chi connectivity index (χ2n) is 4.34. The van der Waals surface area contributed by atoms with Crippen LogP contribution in [0.25, 0.3) is 0 Å². The van der Waals surface area contributed by atoms with Crippen molar-refractivity contribution in [1.29, 1.82) is 0 Å². The molecule has 1 N–H and O–H groups in total. The number of hydrogen-bond acceptors (Lipinski definition) is 2. The molecule has 0 aromatic heterocycles. The first-order chi connectivity index (χ1) is 8.38. The average molecular weight is 235 g/mol. The predicted molar refractivity (Wildman–Crippen MR) is 73.5 cm³/mol. The molecule has 0 aliphatic heterocycles. The molecule has 0 aliphatic rings. The summed E-state index contributed by atoms with van der Waals surface area (Å²) in [6, 6.07) is 8.30. The molecule has 1 aromatic carbocycles. The van der Waals surface area contributed by atoms with Gasteiger partial charge in [0.25, 0.3) is 0 Å². The van der Waals surface area contributed by atoms with Crippen molar-refractivity contribution in [2.45, 2.75) is 46.1 Å². The highest BCUT2D eigenvalue weighted by atomic mass is 16.5. The van der Waals surface area contributed by atoms with Crippen molar-refractivity contribution >= 4 is 0 Å². The minimum absolute atomic E-state index is 0.798. The van der Waals surface area contributed by atoms with Gasteiger partial charge in [-0.15, -0.1) is 0 Å². The van der Waals surface area contributed by atoms with E-state index in [1.165, 1.54) is 24.8 Å². The molecule has 1 rings (SSSR count). The van der Waals surface area contributed by atoms with Gasteiger partial charge in [0, 0.05) is 12.1 Å². The Morgan fingerprint density at radius 3 is 2.65 bits per heavy atom. The number of hydrogen-bond donors (Lipinski definition) is 1. The van der Waals surface area contributed by atoms with Gasteiger partial charge in [0.05, 0.1) is 6.61 Å². The van der Waals surface area contributed by atoms with Gasteiger partial charge >= 0.3 is 0 Å². The number of benzene rings is 1. The number of nitrogens with one attached hydrogen (secondary N) is 1. The second kappa shape index (κ2) is 9.06. The van der Waals surface area contributed by atoms with E-state index >= 15 is 0 Å². The Morgan fingerprint density at radius 1 is 1.06 bits per heavy atom. The summed E-state index contributed by atoms with van der Waals surface area (Å²) in [4.78, 5) is 0. The fraction of sp³-hybridized carbons (Fsp3) is 0.600. The van der Waals surface area contributed by atoms with Crippen molar-refractivity contribution in [3.05, 3.63) is 29.8 Å². The van der Waals surface area contributed by atoms with Crippen LogP contribution in [-0.4, -0.2) is 13.2 Å². The summed E-state index contributed by atoms with van der Waals surface area (Å²) in [5.74, 6) is 1.03. The molecule has 0 atom stereocenters. The predicted octanol–water partition coefficient (Wildman–Crippen LogP) is 3.76. The highest BCUT2D eigenvalue weighted by Crippen LogP contribution is 2.17. The molecule has 2 heteroatoms. The van der Waals surface area contributed by atoms with Crippen LogP contribution in [0.3, 0.4) is 0 Å². The van der Waals surface area contributed by atoms with Gasteiger partial charge in [0.1, 0.15) is 5.75 Å². The zero-order valence-corrected chi connectivity index (χ0v) is 11.2. The number of para-hydroxylation sites is 1. The quantitative estimate of drug-likeness (QED) is 0.658. The van der Waals surface area contributed by atoms with Crippen LogP contribution in [0.5, 0.6) is 5.75 Å². The van der Waals surface area contributed by atoms with Gasteiger partial charge in [-0.05, 0) is 25.5 Å². The molecule has 0 saturated heterocycles. The standard InChI is InChI=1S/C15H25NO/c1-3-5-8-11-16-13-14-9-6-7-10-15(14)17-12-4-2/h6-7,9-10,16H,3-5,8,11-13H2,1-2H3. The van der Waals surface area contributed by atoms with Gasteiger partial charge in [-0.1, -0.05) is 44.9 Å². The lowest BCUT2D eigenvalue weighted by molar-refractivity contribution is 0.313. The van der Waals surface area contributed by atoms with Crippen LogP contribution in [-0.2, 0) is 6.54 Å². The van der Waals surface area contributed by atoms with Crippen LogP contribution in [0.15, 0.2) is 24.3 Å². The molecule has 0 aliphatic carbocycles. The summed E-state index contributed by atoms with van der Waals surface area (Å²) in [7, 11) is 0. The van der Waals surface area contributed by atoms with Crippen molar-refractivity contribution < 1.29 is 4.74 Å². The lowest BCUT2D eigenvalue weighted by Gasteiger charge is -2.11. The Bertz CT molecular complexity index is 299. The summed E-state index contributed by atoms with van der Waals surface area (Å²) in [6.45, 7) is 7.16. The van der Waals surface area contributed by atoms with Crippen LogP contribution in [0, 0.1) is 0 Å². The van der Waals surface area contributed by atoms with E-state index < -0.39 is 0 Å². The minimum atomic E-state index is 0.798. The number of ether oxygens (including phenoxy) is 1. The normalized spacial score (nSPS) is 10.5. The molecule has 0 saturated carbocycles. The van der Waals surface area contributed by atoms with E-state index in [1.807, 2.05) is 6.07 Å². The Morgan fingerprint density at radius 2 is 1.88 bits per heavy atom. The third-order valence-corrected chi connectivity index (χ3v) is 2.71. The fourth-order valence-electron chi connectivity index (χ4n) is 1.73. The third kappa shape index (κ3) is 5.73. The zero-order chi connectivity index (χ0) is 12.3. The first-order valence-electron chi connectivity index (χ1n) is 6.80. The van der Waals surface area contributed by atoms with E-state index in [-0.39, 0.29) is 0 Å². The minimum Gasteiger partial charge on any atom is -0.493 e. The molecule has 0 amide bonds. The highest BCUT2D eigenvalue weighted by Gasteiger charge is 2.01. The Hall–Kier alpha value is -1.02. The summed E-state index contributed by atoms with van der Waals surface area (Å²) in [5, 5.41) is 3.47. The van der Waals surface area contributed by atoms with E-state index in [9.17, 15) is 0 Å². The Kier molecular flexibility index (Phi) is 7.48. The Balaban J connectivity index is 2.35. The van der Waals surface area contributed by atoms with Gasteiger partial charge in [-0.2, -0.15) is 0 Å². The molecule has 0 spiro atoms. The lowest BCUT2D eigenvalue weighted by Crippen LogP contribution is -2.15. The maximum absolute atomic E-state index is 5.72. The van der Waals surface area contributed by atoms with Crippen LogP contribution in [0.1, 0.15) is 45.1 Å². The summed E-state index contributed by atoms with van der Waals surface area (Å²) < 4.78 is 5.72. The summed E-state index contributed by atoms with van der Waals surface area (Å²) >= 11 is 0. The van der Waals surface area contributed by atoms with Crippen molar-refractivity contribution in [3.63, 3.8) is 0 Å². The van der Waals surface area contributed by atoms with Crippen LogP contribution >= 0.6 is 0 Å². The van der Waals surface area contributed by atoms with Crippen molar-refractivity contribution in [3.8, 4) is 5.75 Å². The van der Waals surface area contributed by atoms with E-state index in [0.29, 0.717) is 0 Å². The van der Waals surface area contributed by atoms with E-state index in [0.717, 1.165) is 31.9 Å². The average Bonchev–Trinajstić information content (AvgIpc) is 2.37.